The Morgan fingerprint density at radius 1 is 1.33 bits per heavy atom. The normalized spacial score (nSPS) is 11.4. The Labute approximate surface area is 144 Å². The largest absolute Gasteiger partial charge is 0.462 e. The van der Waals surface area contributed by atoms with Gasteiger partial charge in [-0.15, -0.1) is 11.3 Å². The zero-order chi connectivity index (χ0) is 17.7. The topological polar surface area (TPSA) is 79.2 Å². The van der Waals surface area contributed by atoms with E-state index >= 15 is 0 Å². The van der Waals surface area contributed by atoms with Crippen LogP contribution in [0.4, 0.5) is 5.00 Å². The highest BCUT2D eigenvalue weighted by Gasteiger charge is 2.24. The third-order valence-corrected chi connectivity index (χ3v) is 4.84. The van der Waals surface area contributed by atoms with Crippen molar-refractivity contribution >= 4 is 28.2 Å². The molecule has 0 aliphatic rings. The summed E-state index contributed by atoms with van der Waals surface area (Å²) in [7, 11) is 0. The third kappa shape index (κ3) is 3.63. The fourth-order valence-electron chi connectivity index (χ4n) is 2.24. The standard InChI is InChI=1S/C18H18N2O3S/c1-4-23-18(22)15-12(3)14(10-19)17(24-15)20-16(21)11(2)13-8-6-5-7-9-13/h5-9,11H,4H2,1-3H3,(H,20,21)/t11-/m1/s1. The number of nitrogens with one attached hydrogen (secondary N) is 1. The highest BCUT2D eigenvalue weighted by molar-refractivity contribution is 7.18. The summed E-state index contributed by atoms with van der Waals surface area (Å²) < 4.78 is 4.99. The lowest BCUT2D eigenvalue weighted by Gasteiger charge is -2.11. The van der Waals surface area contributed by atoms with Crippen molar-refractivity contribution in [3.8, 4) is 6.07 Å². The molecule has 0 saturated heterocycles. The van der Waals surface area contributed by atoms with Crippen molar-refractivity contribution in [1.29, 1.82) is 5.26 Å². The fraction of sp³-hybridized carbons (Fsp3) is 0.278. The van der Waals surface area contributed by atoms with Crippen molar-refractivity contribution < 1.29 is 14.3 Å². The van der Waals surface area contributed by atoms with Gasteiger partial charge >= 0.3 is 5.97 Å². The van der Waals surface area contributed by atoms with Crippen molar-refractivity contribution in [3.05, 3.63) is 51.9 Å². The Morgan fingerprint density at radius 2 is 2.00 bits per heavy atom. The van der Waals surface area contributed by atoms with Crippen LogP contribution in [0.25, 0.3) is 0 Å². The molecule has 1 atom stereocenters. The van der Waals surface area contributed by atoms with E-state index in [-0.39, 0.29) is 18.4 Å². The molecule has 0 radical (unpaired) electrons. The van der Waals surface area contributed by atoms with Crippen LogP contribution >= 0.6 is 11.3 Å². The molecular weight excluding hydrogens is 324 g/mol. The van der Waals surface area contributed by atoms with Gasteiger partial charge in [0, 0.05) is 0 Å². The van der Waals surface area contributed by atoms with E-state index in [1.807, 2.05) is 30.3 Å². The van der Waals surface area contributed by atoms with Crippen molar-refractivity contribution in [3.63, 3.8) is 0 Å². The molecule has 1 N–H and O–H groups in total. The van der Waals surface area contributed by atoms with Gasteiger partial charge in [-0.2, -0.15) is 5.26 Å². The Hall–Kier alpha value is -2.65. The summed E-state index contributed by atoms with van der Waals surface area (Å²) in [5.74, 6) is -1.08. The van der Waals surface area contributed by atoms with Crippen LogP contribution in [0.1, 0.15) is 46.1 Å². The number of thiophene rings is 1. The lowest BCUT2D eigenvalue weighted by Crippen LogP contribution is -2.18. The molecular formula is C18H18N2O3S. The predicted octanol–water partition coefficient (Wildman–Crippen LogP) is 3.85. The van der Waals surface area contributed by atoms with E-state index in [1.54, 1.807) is 20.8 Å². The van der Waals surface area contributed by atoms with Gasteiger partial charge in [0.05, 0.1) is 18.1 Å². The Bertz CT molecular complexity index is 791. The Morgan fingerprint density at radius 3 is 2.58 bits per heavy atom. The number of carbonyl (C=O) groups is 2. The molecule has 24 heavy (non-hydrogen) atoms. The van der Waals surface area contributed by atoms with Gasteiger partial charge in [-0.3, -0.25) is 4.79 Å². The summed E-state index contributed by atoms with van der Waals surface area (Å²) in [4.78, 5) is 24.8. The maximum absolute atomic E-state index is 12.5. The van der Waals surface area contributed by atoms with Gasteiger partial charge < -0.3 is 10.1 Å². The third-order valence-electron chi connectivity index (χ3n) is 3.65. The predicted molar refractivity (Wildman–Crippen MR) is 93.2 cm³/mol. The summed E-state index contributed by atoms with van der Waals surface area (Å²) in [6.45, 7) is 5.45. The van der Waals surface area contributed by atoms with Gasteiger partial charge in [0.15, 0.2) is 0 Å². The summed E-state index contributed by atoms with van der Waals surface area (Å²) in [6, 6.07) is 11.4. The van der Waals surface area contributed by atoms with Crippen molar-refractivity contribution in [1.82, 2.24) is 0 Å². The van der Waals surface area contributed by atoms with E-state index in [2.05, 4.69) is 11.4 Å². The molecule has 1 aromatic heterocycles. The van der Waals surface area contributed by atoms with Crippen LogP contribution in [0.3, 0.4) is 0 Å². The molecule has 0 aliphatic carbocycles. The number of rotatable bonds is 5. The molecule has 0 aliphatic heterocycles. The minimum atomic E-state index is -0.479. The first-order valence-electron chi connectivity index (χ1n) is 7.56. The molecule has 2 rings (SSSR count). The maximum atomic E-state index is 12.5. The summed E-state index contributed by atoms with van der Waals surface area (Å²) in [5, 5.41) is 12.5. The number of benzene rings is 1. The van der Waals surface area contributed by atoms with Crippen molar-refractivity contribution in [2.75, 3.05) is 11.9 Å². The molecule has 0 saturated carbocycles. The summed E-state index contributed by atoms with van der Waals surface area (Å²) in [6.07, 6.45) is 0. The van der Waals surface area contributed by atoms with Crippen LogP contribution < -0.4 is 5.32 Å². The van der Waals surface area contributed by atoms with Crippen LogP contribution in [-0.4, -0.2) is 18.5 Å². The molecule has 0 unspecified atom stereocenters. The van der Waals surface area contributed by atoms with Gasteiger partial charge in [-0.1, -0.05) is 30.3 Å². The molecule has 1 heterocycles. The average molecular weight is 342 g/mol. The first-order valence-corrected chi connectivity index (χ1v) is 8.37. The second kappa shape index (κ2) is 7.75. The zero-order valence-electron chi connectivity index (χ0n) is 13.8. The van der Waals surface area contributed by atoms with Gasteiger partial charge in [0.25, 0.3) is 0 Å². The number of carbonyl (C=O) groups excluding carboxylic acids is 2. The number of nitriles is 1. The minimum Gasteiger partial charge on any atom is -0.462 e. The molecule has 0 fully saturated rings. The van der Waals surface area contributed by atoms with Gasteiger partial charge in [-0.05, 0) is 31.9 Å². The monoisotopic (exact) mass is 342 g/mol. The Kier molecular flexibility index (Phi) is 5.72. The molecule has 5 nitrogen and oxygen atoms in total. The van der Waals surface area contributed by atoms with Gasteiger partial charge in [-0.25, -0.2) is 4.79 Å². The van der Waals surface area contributed by atoms with Gasteiger partial charge in [0.1, 0.15) is 15.9 Å². The van der Waals surface area contributed by atoms with Crippen molar-refractivity contribution in [2.45, 2.75) is 26.7 Å². The van der Waals surface area contributed by atoms with Crippen LogP contribution in [-0.2, 0) is 9.53 Å². The highest BCUT2D eigenvalue weighted by Crippen LogP contribution is 2.33. The lowest BCUT2D eigenvalue weighted by molar-refractivity contribution is -0.117. The zero-order valence-corrected chi connectivity index (χ0v) is 14.6. The second-order valence-corrected chi connectivity index (χ2v) is 6.23. The summed E-state index contributed by atoms with van der Waals surface area (Å²) >= 11 is 1.07. The molecule has 1 aromatic carbocycles. The maximum Gasteiger partial charge on any atom is 0.348 e. The number of ether oxygens (including phenoxy) is 1. The number of hydrogen-bond donors (Lipinski definition) is 1. The first-order chi connectivity index (χ1) is 11.5. The molecule has 1 amide bonds. The smallest absolute Gasteiger partial charge is 0.348 e. The SMILES string of the molecule is CCOC(=O)c1sc(NC(=O)[C@H](C)c2ccccc2)c(C#N)c1C. The van der Waals surface area contributed by atoms with E-state index in [0.29, 0.717) is 21.0 Å². The van der Waals surface area contributed by atoms with Crippen molar-refractivity contribution in [2.24, 2.45) is 0 Å². The molecule has 2 aromatic rings. The fourth-order valence-corrected chi connectivity index (χ4v) is 3.29. The average Bonchev–Trinajstić information content (AvgIpc) is 2.90. The van der Waals surface area contributed by atoms with E-state index in [4.69, 9.17) is 4.74 Å². The molecule has 124 valence electrons. The number of anilines is 1. The number of hydrogen-bond acceptors (Lipinski definition) is 5. The van der Waals surface area contributed by atoms with Crippen LogP contribution in [0.5, 0.6) is 0 Å². The van der Waals surface area contributed by atoms with E-state index < -0.39 is 5.97 Å². The van der Waals surface area contributed by atoms with Crippen LogP contribution in [0, 0.1) is 18.3 Å². The number of nitrogens with zero attached hydrogens (tertiary/aromatic N) is 1. The van der Waals surface area contributed by atoms with E-state index in [0.717, 1.165) is 16.9 Å². The highest BCUT2D eigenvalue weighted by atomic mass is 32.1. The molecule has 6 heteroatoms. The lowest BCUT2D eigenvalue weighted by atomic mass is 10.0. The Balaban J connectivity index is 2.26. The van der Waals surface area contributed by atoms with Gasteiger partial charge in [0.2, 0.25) is 5.91 Å². The molecule has 0 bridgehead atoms. The van der Waals surface area contributed by atoms with E-state index in [1.165, 1.54) is 0 Å². The molecule has 0 spiro atoms. The summed E-state index contributed by atoms with van der Waals surface area (Å²) in [5.41, 5.74) is 1.72. The number of esters is 1. The first kappa shape index (κ1) is 17.7. The number of amides is 1. The quantitative estimate of drug-likeness (QED) is 0.837. The van der Waals surface area contributed by atoms with Crippen LogP contribution in [0.15, 0.2) is 30.3 Å². The second-order valence-electron chi connectivity index (χ2n) is 5.21. The van der Waals surface area contributed by atoms with E-state index in [9.17, 15) is 14.9 Å². The minimum absolute atomic E-state index is 0.227. The van der Waals surface area contributed by atoms with Crippen LogP contribution in [0.2, 0.25) is 0 Å².